The van der Waals surface area contributed by atoms with Crippen LogP contribution in [0, 0.1) is 0 Å². The molecule has 2 aliphatic heterocycles. The van der Waals surface area contributed by atoms with Crippen LogP contribution in [0.4, 0.5) is 0 Å². The lowest BCUT2D eigenvalue weighted by molar-refractivity contribution is 0.0465. The molecule has 0 fully saturated rings. The molecule has 0 aromatic heterocycles. The predicted molar refractivity (Wildman–Crippen MR) is 74.0 cm³/mol. The highest BCUT2D eigenvalue weighted by molar-refractivity contribution is 5.96. The number of esters is 1. The molecule has 0 saturated heterocycles. The van der Waals surface area contributed by atoms with Gasteiger partial charge in [0.2, 0.25) is 6.79 Å². The van der Waals surface area contributed by atoms with Crippen LogP contribution in [-0.4, -0.2) is 12.8 Å². The molecule has 0 bridgehead atoms. The monoisotopic (exact) mass is 274 g/mol. The molecule has 2 heterocycles. The number of fused-ring (bicyclic) bond motifs is 3. The Labute approximate surface area is 118 Å². The fraction of sp³-hybridized carbons (Fsp3) is 0.438. The first-order chi connectivity index (χ1) is 9.81. The molecule has 20 heavy (non-hydrogen) atoms. The molecule has 1 unspecified atom stereocenters. The first-order valence-electron chi connectivity index (χ1n) is 7.11. The fourth-order valence-corrected chi connectivity index (χ4v) is 2.56. The maximum atomic E-state index is 11.9. The molecule has 0 N–H and O–H groups in total. The summed E-state index contributed by atoms with van der Waals surface area (Å²) in [5.41, 5.74) is 1.38. The summed E-state index contributed by atoms with van der Waals surface area (Å²) in [4.78, 5) is 11.9. The van der Waals surface area contributed by atoms with Gasteiger partial charge in [-0.05, 0) is 31.1 Å². The largest absolute Gasteiger partial charge is 0.454 e. The van der Waals surface area contributed by atoms with Crippen molar-refractivity contribution in [3.8, 4) is 11.5 Å². The maximum Gasteiger partial charge on any atom is 0.339 e. The summed E-state index contributed by atoms with van der Waals surface area (Å²) in [7, 11) is 0. The number of unbranched alkanes of at least 4 members (excludes halogenated alkanes) is 3. The van der Waals surface area contributed by atoms with Crippen molar-refractivity contribution in [2.45, 2.75) is 38.7 Å². The summed E-state index contributed by atoms with van der Waals surface area (Å²) in [5, 5.41) is 0. The van der Waals surface area contributed by atoms with Gasteiger partial charge in [0.1, 0.15) is 6.10 Å². The van der Waals surface area contributed by atoms with Crippen LogP contribution in [-0.2, 0) is 4.74 Å². The minimum atomic E-state index is -0.351. The molecule has 1 aromatic carbocycles. The van der Waals surface area contributed by atoms with E-state index in [2.05, 4.69) is 13.0 Å². The van der Waals surface area contributed by atoms with Gasteiger partial charge in [-0.15, -0.1) is 0 Å². The third-order valence-corrected chi connectivity index (χ3v) is 3.60. The SMILES string of the molecule is CCCCCC=CC1OC(=O)c2ccc3c(c21)OCO3. The van der Waals surface area contributed by atoms with E-state index in [0.29, 0.717) is 17.1 Å². The molecule has 0 aliphatic carbocycles. The molecule has 4 heteroatoms. The summed E-state index contributed by atoms with van der Waals surface area (Å²) in [6.45, 7) is 2.38. The lowest BCUT2D eigenvalue weighted by atomic mass is 10.0. The van der Waals surface area contributed by atoms with Crippen LogP contribution in [0.15, 0.2) is 24.3 Å². The molecule has 2 aliphatic rings. The third kappa shape index (κ3) is 2.26. The number of ether oxygens (including phenoxy) is 3. The van der Waals surface area contributed by atoms with Gasteiger partial charge in [0, 0.05) is 0 Å². The van der Waals surface area contributed by atoms with Gasteiger partial charge in [0.15, 0.2) is 11.5 Å². The van der Waals surface area contributed by atoms with E-state index in [1.807, 2.05) is 6.08 Å². The molecule has 0 amide bonds. The van der Waals surface area contributed by atoms with Gasteiger partial charge >= 0.3 is 5.97 Å². The highest BCUT2D eigenvalue weighted by atomic mass is 16.7. The van der Waals surface area contributed by atoms with E-state index in [0.717, 1.165) is 18.4 Å². The average molecular weight is 274 g/mol. The summed E-state index contributed by atoms with van der Waals surface area (Å²) >= 11 is 0. The molecule has 1 atom stereocenters. The normalized spacial score (nSPS) is 19.4. The van der Waals surface area contributed by atoms with Crippen LogP contribution in [0.2, 0.25) is 0 Å². The second-order valence-corrected chi connectivity index (χ2v) is 5.01. The smallest absolute Gasteiger partial charge is 0.339 e. The summed E-state index contributed by atoms with van der Waals surface area (Å²) < 4.78 is 16.2. The highest BCUT2D eigenvalue weighted by Gasteiger charge is 2.36. The molecule has 106 valence electrons. The molecule has 0 radical (unpaired) electrons. The second-order valence-electron chi connectivity index (χ2n) is 5.01. The molecular formula is C16H18O4. The Morgan fingerprint density at radius 3 is 3.05 bits per heavy atom. The van der Waals surface area contributed by atoms with E-state index in [1.165, 1.54) is 12.8 Å². The molecule has 0 saturated carbocycles. The van der Waals surface area contributed by atoms with Gasteiger partial charge in [0.25, 0.3) is 0 Å². The van der Waals surface area contributed by atoms with Crippen LogP contribution in [0.1, 0.15) is 54.6 Å². The van der Waals surface area contributed by atoms with Crippen molar-refractivity contribution < 1.29 is 19.0 Å². The number of carbonyl (C=O) groups is 1. The van der Waals surface area contributed by atoms with E-state index in [9.17, 15) is 4.79 Å². The zero-order valence-corrected chi connectivity index (χ0v) is 11.6. The summed E-state index contributed by atoms with van der Waals surface area (Å²) in [6.07, 6.45) is 8.26. The topological polar surface area (TPSA) is 44.8 Å². The van der Waals surface area contributed by atoms with Crippen molar-refractivity contribution in [3.63, 3.8) is 0 Å². The van der Waals surface area contributed by atoms with Gasteiger partial charge in [0.05, 0.1) is 11.1 Å². The second kappa shape index (κ2) is 5.57. The zero-order valence-electron chi connectivity index (χ0n) is 11.6. The number of hydrogen-bond acceptors (Lipinski definition) is 4. The highest BCUT2D eigenvalue weighted by Crippen LogP contribution is 2.45. The maximum absolute atomic E-state index is 11.9. The third-order valence-electron chi connectivity index (χ3n) is 3.60. The standard InChI is InChI=1S/C16H18O4/c1-2-3-4-5-6-7-12-14-11(16(17)20-12)8-9-13-15(14)19-10-18-13/h6-9,12H,2-5,10H2,1H3. The van der Waals surface area contributed by atoms with Gasteiger partial charge < -0.3 is 14.2 Å². The summed E-state index contributed by atoms with van der Waals surface area (Å²) in [5.74, 6) is 1.05. The van der Waals surface area contributed by atoms with E-state index < -0.39 is 0 Å². The lowest BCUT2D eigenvalue weighted by Gasteiger charge is -2.07. The molecular weight excluding hydrogens is 256 g/mol. The van der Waals surface area contributed by atoms with Crippen molar-refractivity contribution >= 4 is 5.97 Å². The van der Waals surface area contributed by atoms with Crippen molar-refractivity contribution in [2.24, 2.45) is 0 Å². The van der Waals surface area contributed by atoms with Gasteiger partial charge in [-0.3, -0.25) is 0 Å². The Balaban J connectivity index is 1.80. The van der Waals surface area contributed by atoms with Gasteiger partial charge in [-0.1, -0.05) is 25.8 Å². The fourth-order valence-electron chi connectivity index (χ4n) is 2.56. The van der Waals surface area contributed by atoms with Crippen molar-refractivity contribution in [1.29, 1.82) is 0 Å². The zero-order chi connectivity index (χ0) is 13.9. The van der Waals surface area contributed by atoms with E-state index >= 15 is 0 Å². The Kier molecular flexibility index (Phi) is 3.63. The van der Waals surface area contributed by atoms with Crippen molar-refractivity contribution in [3.05, 3.63) is 35.4 Å². The van der Waals surface area contributed by atoms with Crippen LogP contribution < -0.4 is 9.47 Å². The number of allylic oxidation sites excluding steroid dienone is 1. The van der Waals surface area contributed by atoms with Crippen LogP contribution >= 0.6 is 0 Å². The molecule has 1 aromatic rings. The van der Waals surface area contributed by atoms with Crippen LogP contribution in [0.25, 0.3) is 0 Å². The first kappa shape index (κ1) is 13.0. The predicted octanol–water partition coefficient (Wildman–Crippen LogP) is 3.76. The summed E-state index contributed by atoms with van der Waals surface area (Å²) in [6, 6.07) is 3.51. The van der Waals surface area contributed by atoms with Crippen molar-refractivity contribution in [2.75, 3.05) is 6.79 Å². The van der Waals surface area contributed by atoms with Gasteiger partial charge in [-0.25, -0.2) is 4.79 Å². The van der Waals surface area contributed by atoms with E-state index in [-0.39, 0.29) is 18.9 Å². The van der Waals surface area contributed by atoms with Crippen molar-refractivity contribution in [1.82, 2.24) is 0 Å². The number of hydrogen-bond donors (Lipinski definition) is 0. The Morgan fingerprint density at radius 1 is 1.30 bits per heavy atom. The molecule has 0 spiro atoms. The van der Waals surface area contributed by atoms with Crippen LogP contribution in [0.5, 0.6) is 11.5 Å². The number of carbonyl (C=O) groups excluding carboxylic acids is 1. The number of cyclic esters (lactones) is 1. The molecule has 3 rings (SSSR count). The Hall–Kier alpha value is -1.97. The van der Waals surface area contributed by atoms with Gasteiger partial charge in [-0.2, -0.15) is 0 Å². The van der Waals surface area contributed by atoms with E-state index in [4.69, 9.17) is 14.2 Å². The lowest BCUT2D eigenvalue weighted by Crippen LogP contribution is -1.97. The van der Waals surface area contributed by atoms with E-state index in [1.54, 1.807) is 12.1 Å². The first-order valence-corrected chi connectivity index (χ1v) is 7.11. The minimum Gasteiger partial charge on any atom is -0.454 e. The average Bonchev–Trinajstić information content (AvgIpc) is 3.03. The number of benzene rings is 1. The number of rotatable bonds is 5. The minimum absolute atomic E-state index is 0.201. The quantitative estimate of drug-likeness (QED) is 0.466. The Bertz CT molecular complexity index is 548. The Morgan fingerprint density at radius 2 is 2.20 bits per heavy atom. The molecule has 4 nitrogen and oxygen atoms in total. The van der Waals surface area contributed by atoms with Crippen LogP contribution in [0.3, 0.4) is 0 Å².